The number of benzene rings is 8. The lowest BCUT2D eigenvalue weighted by atomic mass is 9.97. The Bertz CT molecular complexity index is 2920. The third-order valence-corrected chi connectivity index (χ3v) is 9.72. The Kier molecular flexibility index (Phi) is 6.78. The molecule has 0 aliphatic heterocycles. The van der Waals surface area contributed by atoms with Crippen LogP contribution in [-0.2, 0) is 0 Å². The molecule has 0 aliphatic carbocycles. The van der Waals surface area contributed by atoms with E-state index >= 15 is 0 Å². The van der Waals surface area contributed by atoms with Gasteiger partial charge in [0, 0.05) is 27.5 Å². The third-order valence-electron chi connectivity index (χ3n) is 9.72. The normalized spacial score (nSPS) is 11.5. The summed E-state index contributed by atoms with van der Waals surface area (Å²) in [6, 6.07) is 61.2. The van der Waals surface area contributed by atoms with Crippen molar-refractivity contribution in [2.45, 2.75) is 0 Å². The first-order valence-corrected chi connectivity index (χ1v) is 17.1. The molecule has 0 amide bonds. The number of hydrogen-bond donors (Lipinski definition) is 0. The van der Waals surface area contributed by atoms with E-state index in [9.17, 15) is 0 Å². The predicted molar refractivity (Wildman–Crippen MR) is 209 cm³/mol. The third kappa shape index (κ3) is 5.22. The summed E-state index contributed by atoms with van der Waals surface area (Å²) in [7, 11) is 0. The summed E-state index contributed by atoms with van der Waals surface area (Å²) in [4.78, 5) is 15.4. The Hall–Kier alpha value is -6.91. The molecule has 0 saturated carbocycles. The quantitative estimate of drug-likeness (QED) is 0.186. The summed E-state index contributed by atoms with van der Waals surface area (Å²) in [6.07, 6.45) is 0. The van der Waals surface area contributed by atoms with E-state index in [1.54, 1.807) is 0 Å². The maximum Gasteiger partial charge on any atom is 0.164 e. The Balaban J connectivity index is 1.12. The van der Waals surface area contributed by atoms with Gasteiger partial charge in [-0.3, -0.25) is 0 Å². The molecule has 10 rings (SSSR count). The molecule has 51 heavy (non-hydrogen) atoms. The molecule has 4 heteroatoms. The van der Waals surface area contributed by atoms with Crippen LogP contribution in [0.1, 0.15) is 0 Å². The average molecular weight is 652 g/mol. The first kappa shape index (κ1) is 29.0. The number of hydrogen-bond acceptors (Lipinski definition) is 4. The molecule has 0 aliphatic rings. The van der Waals surface area contributed by atoms with Gasteiger partial charge >= 0.3 is 0 Å². The number of aromatic nitrogens is 3. The summed E-state index contributed by atoms with van der Waals surface area (Å²) >= 11 is 0. The van der Waals surface area contributed by atoms with Crippen LogP contribution in [0.3, 0.4) is 0 Å². The highest BCUT2D eigenvalue weighted by Crippen LogP contribution is 2.37. The first-order chi connectivity index (χ1) is 25.2. The second-order valence-corrected chi connectivity index (χ2v) is 12.9. The zero-order valence-electron chi connectivity index (χ0n) is 27.5. The molecular formula is C47H29N3O. The van der Waals surface area contributed by atoms with Gasteiger partial charge in [0.05, 0.1) is 0 Å². The highest BCUT2D eigenvalue weighted by molar-refractivity contribution is 6.06. The maximum absolute atomic E-state index is 6.14. The molecule has 10 aromatic rings. The molecular weight excluding hydrogens is 623 g/mol. The van der Waals surface area contributed by atoms with Crippen molar-refractivity contribution < 1.29 is 4.42 Å². The molecule has 8 aromatic carbocycles. The standard InChI is InChI=1S/C47H29N3O/c1-3-11-34-27-36(23-19-30(34)9-1)32-17-21-33(22-18-32)45-48-46(38-24-20-31-10-2-4-12-35(31)28-38)50-47(49-45)41-15-6-5-13-39(41)37-25-26-44-42(29-37)40-14-7-8-16-43(40)51-44/h1-29H. The highest BCUT2D eigenvalue weighted by atomic mass is 16.3. The fraction of sp³-hybridized carbons (Fsp3) is 0. The summed E-state index contributed by atoms with van der Waals surface area (Å²) in [5.41, 5.74) is 8.96. The topological polar surface area (TPSA) is 51.8 Å². The van der Waals surface area contributed by atoms with Gasteiger partial charge in [-0.15, -0.1) is 0 Å². The molecule has 0 radical (unpaired) electrons. The Morgan fingerprint density at radius 2 is 0.804 bits per heavy atom. The first-order valence-electron chi connectivity index (χ1n) is 17.1. The Morgan fingerprint density at radius 1 is 0.294 bits per heavy atom. The molecule has 2 heterocycles. The van der Waals surface area contributed by atoms with E-state index in [2.05, 4.69) is 152 Å². The SMILES string of the molecule is c1ccc(-c2nc(-c3ccc(-c4ccc5ccccc5c4)cc3)nc(-c3ccc4ccccc4c3)n2)c(-c2ccc3oc4ccccc4c3c2)c1. The van der Waals surface area contributed by atoms with Gasteiger partial charge in [0.2, 0.25) is 0 Å². The Morgan fingerprint density at radius 3 is 1.57 bits per heavy atom. The van der Waals surface area contributed by atoms with Crippen LogP contribution in [0.2, 0.25) is 0 Å². The largest absolute Gasteiger partial charge is 0.456 e. The van der Waals surface area contributed by atoms with Crippen molar-refractivity contribution in [1.82, 2.24) is 15.0 Å². The van der Waals surface area contributed by atoms with Crippen LogP contribution in [0.4, 0.5) is 0 Å². The van der Waals surface area contributed by atoms with Crippen molar-refractivity contribution in [2.24, 2.45) is 0 Å². The molecule has 0 N–H and O–H groups in total. The van der Waals surface area contributed by atoms with E-state index in [0.29, 0.717) is 17.5 Å². The summed E-state index contributed by atoms with van der Waals surface area (Å²) in [6.45, 7) is 0. The lowest BCUT2D eigenvalue weighted by molar-refractivity contribution is 0.669. The van der Waals surface area contributed by atoms with Crippen molar-refractivity contribution >= 4 is 43.5 Å². The second kappa shape index (κ2) is 11.9. The molecule has 0 saturated heterocycles. The molecule has 0 bridgehead atoms. The van der Waals surface area contributed by atoms with Gasteiger partial charge in [0.15, 0.2) is 17.5 Å². The minimum atomic E-state index is 0.620. The Labute approximate surface area is 294 Å². The number of rotatable bonds is 5. The fourth-order valence-corrected chi connectivity index (χ4v) is 7.09. The number of furan rings is 1. The number of para-hydroxylation sites is 1. The van der Waals surface area contributed by atoms with E-state index in [-0.39, 0.29) is 0 Å². The number of fused-ring (bicyclic) bond motifs is 5. The van der Waals surface area contributed by atoms with Gasteiger partial charge in [-0.2, -0.15) is 0 Å². The number of nitrogens with zero attached hydrogens (tertiary/aromatic N) is 3. The summed E-state index contributed by atoms with van der Waals surface area (Å²) in [5.74, 6) is 1.87. The van der Waals surface area contributed by atoms with Gasteiger partial charge in [-0.05, 0) is 74.1 Å². The maximum atomic E-state index is 6.14. The molecule has 0 fully saturated rings. The van der Waals surface area contributed by atoms with E-state index in [1.165, 1.54) is 21.7 Å². The van der Waals surface area contributed by atoms with Crippen molar-refractivity contribution in [1.29, 1.82) is 0 Å². The van der Waals surface area contributed by atoms with Crippen LogP contribution in [0.5, 0.6) is 0 Å². The molecule has 0 unspecified atom stereocenters. The van der Waals surface area contributed by atoms with Crippen LogP contribution < -0.4 is 0 Å². The zero-order chi connectivity index (χ0) is 33.7. The van der Waals surface area contributed by atoms with Gasteiger partial charge in [-0.1, -0.05) is 146 Å². The predicted octanol–water partition coefficient (Wildman–Crippen LogP) is 12.4. The van der Waals surface area contributed by atoms with Crippen molar-refractivity contribution in [3.63, 3.8) is 0 Å². The van der Waals surface area contributed by atoms with Gasteiger partial charge in [-0.25, -0.2) is 15.0 Å². The summed E-state index contributed by atoms with van der Waals surface area (Å²) in [5, 5.41) is 6.94. The van der Waals surface area contributed by atoms with Crippen LogP contribution in [0.25, 0.3) is 99.9 Å². The van der Waals surface area contributed by atoms with E-state index in [1.807, 2.05) is 24.3 Å². The van der Waals surface area contributed by atoms with Crippen molar-refractivity contribution in [3.8, 4) is 56.4 Å². The second-order valence-electron chi connectivity index (χ2n) is 12.9. The molecule has 0 atom stereocenters. The molecule has 238 valence electrons. The van der Waals surface area contributed by atoms with Crippen LogP contribution in [-0.4, -0.2) is 15.0 Å². The minimum Gasteiger partial charge on any atom is -0.456 e. The zero-order valence-corrected chi connectivity index (χ0v) is 27.5. The van der Waals surface area contributed by atoms with Crippen LogP contribution >= 0.6 is 0 Å². The van der Waals surface area contributed by atoms with E-state index in [0.717, 1.165) is 60.7 Å². The van der Waals surface area contributed by atoms with Gasteiger partial charge < -0.3 is 4.42 Å². The lowest BCUT2D eigenvalue weighted by Crippen LogP contribution is -2.01. The molecule has 2 aromatic heterocycles. The van der Waals surface area contributed by atoms with Crippen LogP contribution in [0.15, 0.2) is 180 Å². The van der Waals surface area contributed by atoms with E-state index in [4.69, 9.17) is 19.4 Å². The lowest BCUT2D eigenvalue weighted by Gasteiger charge is -2.13. The van der Waals surface area contributed by atoms with Crippen LogP contribution in [0, 0.1) is 0 Å². The van der Waals surface area contributed by atoms with Gasteiger partial charge in [0.25, 0.3) is 0 Å². The highest BCUT2D eigenvalue weighted by Gasteiger charge is 2.17. The van der Waals surface area contributed by atoms with Crippen molar-refractivity contribution in [3.05, 3.63) is 176 Å². The van der Waals surface area contributed by atoms with Crippen molar-refractivity contribution in [2.75, 3.05) is 0 Å². The smallest absolute Gasteiger partial charge is 0.164 e. The average Bonchev–Trinajstić information content (AvgIpc) is 3.58. The minimum absolute atomic E-state index is 0.620. The molecule has 0 spiro atoms. The van der Waals surface area contributed by atoms with Gasteiger partial charge in [0.1, 0.15) is 11.2 Å². The fourth-order valence-electron chi connectivity index (χ4n) is 7.09. The van der Waals surface area contributed by atoms with E-state index < -0.39 is 0 Å². The molecule has 4 nitrogen and oxygen atoms in total. The summed E-state index contributed by atoms with van der Waals surface area (Å²) < 4.78 is 6.14. The monoisotopic (exact) mass is 651 g/mol.